The second kappa shape index (κ2) is 11.7. The van der Waals surface area contributed by atoms with Gasteiger partial charge in [0.15, 0.2) is 0 Å². The van der Waals surface area contributed by atoms with E-state index in [0.717, 1.165) is 0 Å². The molecule has 2 aromatic carbocycles. The molecular weight excluding hydrogens is 343 g/mol. The minimum Gasteiger partial charge on any atom is -0.304 e. The molecule has 0 aliphatic carbocycles. The minimum absolute atomic E-state index is 0. The van der Waals surface area contributed by atoms with Crippen LogP contribution in [0.3, 0.4) is 0 Å². The Labute approximate surface area is 165 Å². The molecule has 0 N–H and O–H groups in total. The Morgan fingerprint density at radius 2 is 0.880 bits per heavy atom. The third-order valence-corrected chi connectivity index (χ3v) is 5.29. The molecule has 0 unspecified atom stereocenters. The van der Waals surface area contributed by atoms with E-state index >= 15 is 0 Å². The minimum atomic E-state index is 0. The van der Waals surface area contributed by atoms with Crippen molar-refractivity contribution in [3.8, 4) is 0 Å². The molecule has 0 aromatic heterocycles. The van der Waals surface area contributed by atoms with Crippen LogP contribution in [-0.4, -0.2) is 49.1 Å². The van der Waals surface area contributed by atoms with Crippen molar-refractivity contribution in [2.24, 2.45) is 0 Å². The molecule has 2 nitrogen and oxygen atoms in total. The van der Waals surface area contributed by atoms with E-state index in [9.17, 15) is 0 Å². The largest absolute Gasteiger partial charge is 0.304 e. The molecule has 1 radical (unpaired) electrons. The third kappa shape index (κ3) is 7.54. The van der Waals surface area contributed by atoms with Crippen LogP contribution in [0.5, 0.6) is 0 Å². The summed E-state index contributed by atoms with van der Waals surface area (Å²) in [7, 11) is 0. The first-order valence-corrected chi connectivity index (χ1v) is 9.76. The van der Waals surface area contributed by atoms with Crippen molar-refractivity contribution in [3.05, 3.63) is 59.7 Å². The van der Waals surface area contributed by atoms with E-state index < -0.39 is 0 Å². The SMILES string of the molecule is [V].c1cc[c-](CCN2CCCC2)c1.c1cc[c-](CCN2CCCC2)c1. The Hall–Kier alpha value is -0.796. The molecule has 0 spiro atoms. The van der Waals surface area contributed by atoms with Crippen molar-refractivity contribution < 1.29 is 18.6 Å². The number of nitrogens with zero attached hydrogens (tertiary/aromatic N) is 2. The first kappa shape index (κ1) is 20.5. The maximum absolute atomic E-state index is 2.56. The van der Waals surface area contributed by atoms with Crippen molar-refractivity contribution in [1.82, 2.24) is 9.80 Å². The van der Waals surface area contributed by atoms with Crippen LogP contribution < -0.4 is 0 Å². The summed E-state index contributed by atoms with van der Waals surface area (Å²) in [4.78, 5) is 5.12. The molecule has 2 saturated heterocycles. The van der Waals surface area contributed by atoms with Gasteiger partial charge >= 0.3 is 0 Å². The van der Waals surface area contributed by atoms with Gasteiger partial charge in [0, 0.05) is 18.6 Å². The zero-order valence-electron chi connectivity index (χ0n) is 15.4. The topological polar surface area (TPSA) is 6.48 Å². The van der Waals surface area contributed by atoms with Gasteiger partial charge in [-0.1, -0.05) is 12.8 Å². The quantitative estimate of drug-likeness (QED) is 0.702. The van der Waals surface area contributed by atoms with Crippen LogP contribution in [0.1, 0.15) is 36.8 Å². The number of rotatable bonds is 6. The van der Waals surface area contributed by atoms with E-state index in [1.54, 1.807) is 0 Å². The van der Waals surface area contributed by atoms with Gasteiger partial charge in [-0.3, -0.25) is 0 Å². The Morgan fingerprint density at radius 1 is 0.560 bits per heavy atom. The smallest absolute Gasteiger partial charge is 0 e. The zero-order chi connectivity index (χ0) is 16.5. The van der Waals surface area contributed by atoms with Gasteiger partial charge in [0.05, 0.1) is 0 Å². The molecule has 0 bridgehead atoms. The summed E-state index contributed by atoms with van der Waals surface area (Å²) < 4.78 is 0. The van der Waals surface area contributed by atoms with Crippen LogP contribution in [-0.2, 0) is 31.4 Å². The second-order valence-corrected chi connectivity index (χ2v) is 7.18. The molecule has 2 aliphatic heterocycles. The molecule has 0 atom stereocenters. The van der Waals surface area contributed by atoms with Gasteiger partial charge in [-0.15, -0.1) is 0 Å². The fraction of sp³-hybridized carbons (Fsp3) is 0.545. The van der Waals surface area contributed by atoms with E-state index in [1.807, 2.05) is 0 Å². The monoisotopic (exact) mass is 375 g/mol. The summed E-state index contributed by atoms with van der Waals surface area (Å²) in [5.41, 5.74) is 2.98. The fourth-order valence-corrected chi connectivity index (χ4v) is 3.75. The molecule has 2 aliphatic rings. The van der Waals surface area contributed by atoms with Crippen LogP contribution in [0.4, 0.5) is 0 Å². The summed E-state index contributed by atoms with van der Waals surface area (Å²) in [6.45, 7) is 7.79. The van der Waals surface area contributed by atoms with Gasteiger partial charge in [-0.05, 0) is 65.0 Å². The number of hydrogen-bond donors (Lipinski definition) is 0. The normalized spacial score (nSPS) is 17.9. The molecule has 25 heavy (non-hydrogen) atoms. The third-order valence-electron chi connectivity index (χ3n) is 5.29. The molecule has 2 fully saturated rings. The number of likely N-dealkylation sites (tertiary alicyclic amines) is 2. The zero-order valence-corrected chi connectivity index (χ0v) is 16.8. The Balaban J connectivity index is 0.000000173. The number of hydrogen-bond acceptors (Lipinski definition) is 2. The molecule has 137 valence electrons. The van der Waals surface area contributed by atoms with Gasteiger partial charge in [-0.25, -0.2) is 24.3 Å². The average molecular weight is 375 g/mol. The molecule has 0 amide bonds. The summed E-state index contributed by atoms with van der Waals surface area (Å²) in [5, 5.41) is 0. The summed E-state index contributed by atoms with van der Waals surface area (Å²) in [6.07, 6.45) is 8.07. The van der Waals surface area contributed by atoms with Crippen LogP contribution in [0.15, 0.2) is 48.5 Å². The first-order valence-electron chi connectivity index (χ1n) is 9.76. The van der Waals surface area contributed by atoms with Gasteiger partial charge < -0.3 is 9.80 Å². The van der Waals surface area contributed by atoms with Gasteiger partial charge in [0.2, 0.25) is 0 Å². The average Bonchev–Trinajstić information content (AvgIpc) is 3.43. The van der Waals surface area contributed by atoms with Gasteiger partial charge in [-0.2, -0.15) is 35.4 Å². The van der Waals surface area contributed by atoms with Crippen molar-refractivity contribution in [2.75, 3.05) is 39.3 Å². The molecule has 2 aromatic rings. The van der Waals surface area contributed by atoms with E-state index in [1.165, 1.54) is 88.9 Å². The summed E-state index contributed by atoms with van der Waals surface area (Å²) in [6, 6.07) is 17.4. The van der Waals surface area contributed by atoms with E-state index in [0.29, 0.717) is 0 Å². The van der Waals surface area contributed by atoms with Crippen LogP contribution in [0, 0.1) is 0 Å². The summed E-state index contributed by atoms with van der Waals surface area (Å²) >= 11 is 0. The van der Waals surface area contributed by atoms with Crippen LogP contribution in [0.2, 0.25) is 0 Å². The maximum Gasteiger partial charge on any atom is 0 e. The Morgan fingerprint density at radius 3 is 1.20 bits per heavy atom. The Bertz CT molecular complexity index is 470. The van der Waals surface area contributed by atoms with E-state index in [2.05, 4.69) is 58.3 Å². The Kier molecular flexibility index (Phi) is 9.64. The summed E-state index contributed by atoms with van der Waals surface area (Å²) in [5.74, 6) is 0. The second-order valence-electron chi connectivity index (χ2n) is 7.18. The van der Waals surface area contributed by atoms with E-state index in [-0.39, 0.29) is 18.6 Å². The van der Waals surface area contributed by atoms with Crippen molar-refractivity contribution in [3.63, 3.8) is 0 Å². The van der Waals surface area contributed by atoms with Crippen molar-refractivity contribution >= 4 is 0 Å². The van der Waals surface area contributed by atoms with Crippen LogP contribution >= 0.6 is 0 Å². The molecule has 4 rings (SSSR count). The van der Waals surface area contributed by atoms with Crippen molar-refractivity contribution in [2.45, 2.75) is 38.5 Å². The van der Waals surface area contributed by atoms with Gasteiger partial charge in [0.25, 0.3) is 0 Å². The molecule has 0 saturated carbocycles. The maximum atomic E-state index is 2.56. The van der Waals surface area contributed by atoms with Crippen molar-refractivity contribution in [1.29, 1.82) is 0 Å². The van der Waals surface area contributed by atoms with Gasteiger partial charge in [0.1, 0.15) is 0 Å². The predicted molar refractivity (Wildman–Crippen MR) is 103 cm³/mol. The standard InChI is InChI=1S/2C11H16N.V/c2*1-2-6-11(5-1)7-10-12-8-3-4-9-12;/h2*1-2,5-6H,3-4,7-10H2;/q2*-1;. The van der Waals surface area contributed by atoms with E-state index in [4.69, 9.17) is 0 Å². The first-order chi connectivity index (χ1) is 11.9. The fourth-order valence-electron chi connectivity index (χ4n) is 3.75. The van der Waals surface area contributed by atoms with Crippen LogP contribution in [0.25, 0.3) is 0 Å². The molecule has 3 heteroatoms. The predicted octanol–water partition coefficient (Wildman–Crippen LogP) is 4.09. The molecular formula is C22H32N2V-2. The molecule has 2 heterocycles.